The van der Waals surface area contributed by atoms with Crippen molar-refractivity contribution < 1.29 is 4.39 Å². The lowest BCUT2D eigenvalue weighted by atomic mass is 9.94. The van der Waals surface area contributed by atoms with Gasteiger partial charge in [-0.05, 0) is 42.6 Å². The first-order chi connectivity index (χ1) is 10.0. The van der Waals surface area contributed by atoms with Gasteiger partial charge in [-0.1, -0.05) is 60.1 Å². The molecule has 0 spiro atoms. The Kier molecular flexibility index (Phi) is 5.54. The summed E-state index contributed by atoms with van der Waals surface area (Å²) in [4.78, 5) is 0. The van der Waals surface area contributed by atoms with Crippen LogP contribution in [0.3, 0.4) is 0 Å². The molecule has 112 valence electrons. The molecular weight excluding hydrogens is 329 g/mol. The fourth-order valence-corrected chi connectivity index (χ4v) is 2.94. The first-order valence-corrected chi connectivity index (χ1v) is 8.01. The van der Waals surface area contributed by atoms with E-state index >= 15 is 0 Å². The Labute approximate surface area is 134 Å². The molecule has 0 aliphatic heterocycles. The predicted molar refractivity (Wildman–Crippen MR) is 90.0 cm³/mol. The van der Waals surface area contributed by atoms with Crippen LogP contribution in [0.2, 0.25) is 0 Å². The number of benzene rings is 2. The summed E-state index contributed by atoms with van der Waals surface area (Å²) in [6, 6.07) is 13.5. The maximum Gasteiger partial charge on any atom is 0.129 e. The van der Waals surface area contributed by atoms with Crippen molar-refractivity contribution in [2.75, 3.05) is 7.05 Å². The summed E-state index contributed by atoms with van der Waals surface area (Å²) in [5.41, 5.74) is 3.06. The van der Waals surface area contributed by atoms with Crippen molar-refractivity contribution in [3.63, 3.8) is 0 Å². The Morgan fingerprint density at radius 2 is 1.90 bits per heavy atom. The summed E-state index contributed by atoms with van der Waals surface area (Å²) in [6.07, 6.45) is 1.03. The summed E-state index contributed by atoms with van der Waals surface area (Å²) >= 11 is 3.30. The topological polar surface area (TPSA) is 12.0 Å². The monoisotopic (exact) mass is 349 g/mol. The van der Waals surface area contributed by atoms with Gasteiger partial charge in [0, 0.05) is 10.0 Å². The van der Waals surface area contributed by atoms with E-state index < -0.39 is 0 Å². The molecule has 0 fully saturated rings. The summed E-state index contributed by atoms with van der Waals surface area (Å²) in [7, 11) is 1.86. The predicted octanol–water partition coefficient (Wildman–Crippen LogP) is 5.10. The number of halogens is 2. The zero-order chi connectivity index (χ0) is 15.4. The molecule has 2 aromatic rings. The molecule has 0 aromatic heterocycles. The van der Waals surface area contributed by atoms with Gasteiger partial charge in [0.2, 0.25) is 0 Å². The fraction of sp³-hybridized carbons (Fsp3) is 0.333. The van der Waals surface area contributed by atoms with Crippen LogP contribution in [0.4, 0.5) is 4.39 Å². The third-order valence-electron chi connectivity index (χ3n) is 3.49. The van der Waals surface area contributed by atoms with Crippen molar-refractivity contribution in [2.24, 2.45) is 5.92 Å². The minimum absolute atomic E-state index is 0.134. The summed E-state index contributed by atoms with van der Waals surface area (Å²) < 4.78 is 15.0. The average Bonchev–Trinajstić information content (AvgIpc) is 2.41. The van der Waals surface area contributed by atoms with Crippen LogP contribution in [-0.4, -0.2) is 7.05 Å². The molecule has 1 nitrogen and oxygen atoms in total. The van der Waals surface area contributed by atoms with Crippen LogP contribution < -0.4 is 5.32 Å². The van der Waals surface area contributed by atoms with Crippen LogP contribution in [0, 0.1) is 11.7 Å². The Morgan fingerprint density at radius 1 is 1.14 bits per heavy atom. The number of rotatable bonds is 5. The van der Waals surface area contributed by atoms with Gasteiger partial charge < -0.3 is 5.32 Å². The molecule has 0 aliphatic rings. The zero-order valence-corrected chi connectivity index (χ0v) is 14.2. The third kappa shape index (κ3) is 4.14. The lowest BCUT2D eigenvalue weighted by molar-refractivity contribution is 0.574. The number of hydrogen-bond acceptors (Lipinski definition) is 1. The highest BCUT2D eigenvalue weighted by molar-refractivity contribution is 9.10. The van der Waals surface area contributed by atoms with Gasteiger partial charge in [-0.15, -0.1) is 0 Å². The Balaban J connectivity index is 2.37. The maximum absolute atomic E-state index is 14.2. The van der Waals surface area contributed by atoms with Crippen molar-refractivity contribution in [3.8, 4) is 0 Å². The molecule has 0 saturated heterocycles. The third-order valence-corrected chi connectivity index (χ3v) is 3.98. The zero-order valence-electron chi connectivity index (χ0n) is 12.7. The molecule has 21 heavy (non-hydrogen) atoms. The second-order valence-electron chi connectivity index (χ2n) is 5.73. The van der Waals surface area contributed by atoms with Gasteiger partial charge in [0.1, 0.15) is 5.82 Å². The highest BCUT2D eigenvalue weighted by atomic mass is 79.9. The van der Waals surface area contributed by atoms with Gasteiger partial charge in [-0.2, -0.15) is 0 Å². The molecule has 3 heteroatoms. The lowest BCUT2D eigenvalue weighted by Crippen LogP contribution is -2.19. The molecule has 2 rings (SSSR count). The minimum Gasteiger partial charge on any atom is -0.309 e. The normalized spacial score (nSPS) is 12.7. The molecule has 2 aromatic carbocycles. The van der Waals surface area contributed by atoms with Gasteiger partial charge in [0.05, 0.1) is 6.04 Å². The molecular formula is C18H21BrFN. The van der Waals surface area contributed by atoms with E-state index in [1.165, 1.54) is 11.6 Å². The Bertz CT molecular complexity index is 610. The van der Waals surface area contributed by atoms with Crippen molar-refractivity contribution in [3.05, 3.63) is 69.4 Å². The summed E-state index contributed by atoms with van der Waals surface area (Å²) in [5.74, 6) is 0.413. The van der Waals surface area contributed by atoms with E-state index in [1.54, 1.807) is 0 Å². The molecule has 0 amide bonds. The summed E-state index contributed by atoms with van der Waals surface area (Å²) in [5, 5.41) is 3.22. The van der Waals surface area contributed by atoms with Gasteiger partial charge in [-0.25, -0.2) is 4.39 Å². The van der Waals surface area contributed by atoms with Crippen molar-refractivity contribution in [2.45, 2.75) is 26.3 Å². The van der Waals surface area contributed by atoms with Crippen LogP contribution in [0.1, 0.15) is 36.6 Å². The van der Waals surface area contributed by atoms with E-state index in [2.05, 4.69) is 47.2 Å². The molecule has 1 N–H and O–H groups in total. The smallest absolute Gasteiger partial charge is 0.129 e. The Hall–Kier alpha value is -1.19. The highest BCUT2D eigenvalue weighted by Gasteiger charge is 2.16. The molecule has 1 unspecified atom stereocenters. The molecule has 0 bridgehead atoms. The quantitative estimate of drug-likeness (QED) is 0.792. The van der Waals surface area contributed by atoms with Crippen LogP contribution in [-0.2, 0) is 6.42 Å². The van der Waals surface area contributed by atoms with E-state index in [4.69, 9.17) is 0 Å². The molecule has 0 aliphatic carbocycles. The van der Waals surface area contributed by atoms with Crippen LogP contribution >= 0.6 is 15.9 Å². The van der Waals surface area contributed by atoms with E-state index in [-0.39, 0.29) is 11.9 Å². The number of nitrogens with one attached hydrogen (secondary N) is 1. The first-order valence-electron chi connectivity index (χ1n) is 7.22. The van der Waals surface area contributed by atoms with Crippen molar-refractivity contribution in [1.82, 2.24) is 5.32 Å². The van der Waals surface area contributed by atoms with Crippen molar-refractivity contribution >= 4 is 15.9 Å². The van der Waals surface area contributed by atoms with Crippen molar-refractivity contribution in [1.29, 1.82) is 0 Å². The standard InChI is InChI=1S/C18H21BrFN/c1-12(2)9-13-5-4-6-14(10-13)18(21-3)16-8-7-15(19)11-17(16)20/h4-8,10-12,18,21H,9H2,1-3H3. The van der Waals surface area contributed by atoms with Gasteiger partial charge >= 0.3 is 0 Å². The molecule has 0 radical (unpaired) electrons. The van der Waals surface area contributed by atoms with Gasteiger partial charge in [0.15, 0.2) is 0 Å². The van der Waals surface area contributed by atoms with E-state index in [0.29, 0.717) is 11.5 Å². The van der Waals surface area contributed by atoms with Crippen LogP contribution in [0.5, 0.6) is 0 Å². The Morgan fingerprint density at radius 3 is 2.52 bits per heavy atom. The fourth-order valence-electron chi connectivity index (χ4n) is 2.61. The lowest BCUT2D eigenvalue weighted by Gasteiger charge is -2.19. The molecule has 0 saturated carbocycles. The van der Waals surface area contributed by atoms with E-state index in [0.717, 1.165) is 16.5 Å². The average molecular weight is 350 g/mol. The van der Waals surface area contributed by atoms with Crippen LogP contribution in [0.15, 0.2) is 46.9 Å². The second kappa shape index (κ2) is 7.19. The molecule has 0 heterocycles. The van der Waals surface area contributed by atoms with E-state index in [9.17, 15) is 4.39 Å². The number of hydrogen-bond donors (Lipinski definition) is 1. The first kappa shape index (κ1) is 16.2. The molecule has 1 atom stereocenters. The SMILES string of the molecule is CNC(c1cccc(CC(C)C)c1)c1ccc(Br)cc1F. The van der Waals surface area contributed by atoms with Gasteiger partial charge in [0.25, 0.3) is 0 Å². The highest BCUT2D eigenvalue weighted by Crippen LogP contribution is 2.27. The summed E-state index contributed by atoms with van der Waals surface area (Å²) in [6.45, 7) is 4.41. The maximum atomic E-state index is 14.2. The largest absolute Gasteiger partial charge is 0.309 e. The van der Waals surface area contributed by atoms with E-state index in [1.807, 2.05) is 31.3 Å². The van der Waals surface area contributed by atoms with Crippen LogP contribution in [0.25, 0.3) is 0 Å². The minimum atomic E-state index is -0.196. The second-order valence-corrected chi connectivity index (χ2v) is 6.65. The van der Waals surface area contributed by atoms with Gasteiger partial charge in [-0.3, -0.25) is 0 Å².